The Kier molecular flexibility index (Phi) is 5.36. The van der Waals surface area contributed by atoms with E-state index in [4.69, 9.17) is 4.74 Å². The van der Waals surface area contributed by atoms with Gasteiger partial charge in [0.1, 0.15) is 0 Å². The lowest BCUT2D eigenvalue weighted by Gasteiger charge is -2.32. The van der Waals surface area contributed by atoms with Crippen molar-refractivity contribution in [1.82, 2.24) is 10.2 Å². The summed E-state index contributed by atoms with van der Waals surface area (Å²) in [5.74, 6) is 0. The number of hydrogen-bond acceptors (Lipinski definition) is 2. The Bertz CT molecular complexity index is 695. The Morgan fingerprint density at radius 1 is 1.21 bits per heavy atom. The van der Waals surface area contributed by atoms with E-state index in [0.29, 0.717) is 0 Å². The van der Waals surface area contributed by atoms with Crippen molar-refractivity contribution in [3.63, 3.8) is 0 Å². The van der Waals surface area contributed by atoms with E-state index in [1.54, 1.807) is 0 Å². The highest BCUT2D eigenvalue weighted by Crippen LogP contribution is 2.17. The van der Waals surface area contributed by atoms with Crippen LogP contribution in [0.25, 0.3) is 10.8 Å². The van der Waals surface area contributed by atoms with Crippen LogP contribution in [0, 0.1) is 0 Å². The molecule has 0 spiro atoms. The number of benzene rings is 2. The molecule has 24 heavy (non-hydrogen) atoms. The zero-order valence-electron chi connectivity index (χ0n) is 14.5. The van der Waals surface area contributed by atoms with Crippen LogP contribution in [-0.2, 0) is 11.2 Å². The van der Waals surface area contributed by atoms with E-state index in [2.05, 4.69) is 54.7 Å². The largest absolute Gasteiger partial charge is 0.381 e. The molecule has 0 unspecified atom stereocenters. The molecule has 1 saturated heterocycles. The molecule has 0 radical (unpaired) electrons. The van der Waals surface area contributed by atoms with Crippen LogP contribution in [0.2, 0.25) is 0 Å². The first-order valence-electron chi connectivity index (χ1n) is 8.72. The van der Waals surface area contributed by atoms with E-state index in [9.17, 15) is 4.79 Å². The van der Waals surface area contributed by atoms with Crippen molar-refractivity contribution in [2.45, 2.75) is 38.3 Å². The highest BCUT2D eigenvalue weighted by Gasteiger charge is 2.23. The molecule has 2 aromatic rings. The first-order chi connectivity index (χ1) is 11.6. The molecule has 128 valence electrons. The fourth-order valence-corrected chi connectivity index (χ4v) is 3.32. The van der Waals surface area contributed by atoms with Crippen molar-refractivity contribution in [3.8, 4) is 0 Å². The van der Waals surface area contributed by atoms with Gasteiger partial charge in [-0.05, 0) is 42.5 Å². The van der Waals surface area contributed by atoms with Gasteiger partial charge < -0.3 is 15.0 Å². The highest BCUT2D eigenvalue weighted by molar-refractivity contribution is 5.83. The van der Waals surface area contributed by atoms with Crippen LogP contribution in [-0.4, -0.2) is 43.3 Å². The van der Waals surface area contributed by atoms with Gasteiger partial charge in [0.05, 0.1) is 0 Å². The molecule has 1 heterocycles. The maximum atomic E-state index is 12.4. The average Bonchev–Trinajstić information content (AvgIpc) is 2.61. The number of carbonyl (C=O) groups is 1. The monoisotopic (exact) mass is 326 g/mol. The predicted octanol–water partition coefficient (Wildman–Crippen LogP) is 3.59. The molecule has 1 aliphatic rings. The smallest absolute Gasteiger partial charge is 0.317 e. The maximum absolute atomic E-state index is 12.4. The number of nitrogens with one attached hydrogen (secondary N) is 1. The van der Waals surface area contributed by atoms with Crippen LogP contribution < -0.4 is 5.32 Å². The Morgan fingerprint density at radius 2 is 1.92 bits per heavy atom. The van der Waals surface area contributed by atoms with E-state index in [-0.39, 0.29) is 18.1 Å². The Balaban J connectivity index is 1.57. The summed E-state index contributed by atoms with van der Waals surface area (Å²) < 4.78 is 5.37. The summed E-state index contributed by atoms with van der Waals surface area (Å²) in [5, 5.41) is 5.61. The summed E-state index contributed by atoms with van der Waals surface area (Å²) in [5.41, 5.74) is 1.25. The van der Waals surface area contributed by atoms with Crippen molar-refractivity contribution in [3.05, 3.63) is 48.0 Å². The molecule has 1 fully saturated rings. The van der Waals surface area contributed by atoms with E-state index >= 15 is 0 Å². The van der Waals surface area contributed by atoms with Crippen molar-refractivity contribution in [1.29, 1.82) is 0 Å². The second-order valence-electron chi connectivity index (χ2n) is 6.69. The standard InChI is InChI=1S/C20H26N2O2/c1-15(21-20(23)22(2)19-9-11-24-12-10-19)13-16-7-8-17-5-3-4-6-18(17)14-16/h3-8,14-15,19H,9-13H2,1-2H3,(H,21,23)/t15-/m1/s1. The first-order valence-corrected chi connectivity index (χ1v) is 8.72. The minimum Gasteiger partial charge on any atom is -0.381 e. The van der Waals surface area contributed by atoms with Gasteiger partial charge in [0, 0.05) is 32.3 Å². The number of amides is 2. The number of nitrogens with zero attached hydrogens (tertiary/aromatic N) is 1. The number of ether oxygens (including phenoxy) is 1. The Labute approximate surface area is 143 Å². The van der Waals surface area contributed by atoms with Gasteiger partial charge in [-0.1, -0.05) is 42.5 Å². The summed E-state index contributed by atoms with van der Waals surface area (Å²) in [6, 6.07) is 15.2. The van der Waals surface area contributed by atoms with E-state index in [0.717, 1.165) is 32.5 Å². The van der Waals surface area contributed by atoms with Crippen LogP contribution in [0.5, 0.6) is 0 Å². The molecule has 1 aliphatic heterocycles. The maximum Gasteiger partial charge on any atom is 0.317 e. The molecule has 1 N–H and O–H groups in total. The number of urea groups is 1. The van der Waals surface area contributed by atoms with Crippen molar-refractivity contribution in [2.75, 3.05) is 20.3 Å². The molecule has 4 heteroatoms. The third-order valence-corrected chi connectivity index (χ3v) is 4.78. The minimum atomic E-state index is 0.00943. The molecule has 4 nitrogen and oxygen atoms in total. The third-order valence-electron chi connectivity index (χ3n) is 4.78. The summed E-state index contributed by atoms with van der Waals surface area (Å²) >= 11 is 0. The molecule has 3 rings (SSSR count). The van der Waals surface area contributed by atoms with Gasteiger partial charge in [0.25, 0.3) is 0 Å². The molecule has 0 bridgehead atoms. The van der Waals surface area contributed by atoms with E-state index in [1.807, 2.05) is 11.9 Å². The van der Waals surface area contributed by atoms with Crippen molar-refractivity contribution >= 4 is 16.8 Å². The molecule has 1 atom stereocenters. The van der Waals surface area contributed by atoms with Gasteiger partial charge in [0.2, 0.25) is 0 Å². The number of carbonyl (C=O) groups excluding carboxylic acids is 1. The molecule has 2 aromatic carbocycles. The number of hydrogen-bond donors (Lipinski definition) is 1. The van der Waals surface area contributed by atoms with Crippen LogP contribution in [0.4, 0.5) is 4.79 Å². The quantitative estimate of drug-likeness (QED) is 0.933. The SMILES string of the molecule is C[C@H](Cc1ccc2ccccc2c1)NC(=O)N(C)C1CCOCC1. The normalized spacial score (nSPS) is 16.8. The summed E-state index contributed by atoms with van der Waals surface area (Å²) in [7, 11) is 1.88. The van der Waals surface area contributed by atoms with Gasteiger partial charge in [-0.15, -0.1) is 0 Å². The average molecular weight is 326 g/mol. The summed E-state index contributed by atoms with van der Waals surface area (Å²) in [6.45, 7) is 3.55. The third kappa shape index (κ3) is 4.06. The van der Waals surface area contributed by atoms with Gasteiger partial charge in [0.15, 0.2) is 0 Å². The van der Waals surface area contributed by atoms with Gasteiger partial charge >= 0.3 is 6.03 Å². The molecule has 0 aromatic heterocycles. The molecule has 0 aliphatic carbocycles. The zero-order valence-corrected chi connectivity index (χ0v) is 14.5. The van der Waals surface area contributed by atoms with Crippen molar-refractivity contribution < 1.29 is 9.53 Å². The molecular formula is C20H26N2O2. The molecular weight excluding hydrogens is 300 g/mol. The van der Waals surface area contributed by atoms with Gasteiger partial charge in [-0.25, -0.2) is 4.79 Å². The van der Waals surface area contributed by atoms with Gasteiger partial charge in [-0.2, -0.15) is 0 Å². The van der Waals surface area contributed by atoms with Crippen molar-refractivity contribution in [2.24, 2.45) is 0 Å². The van der Waals surface area contributed by atoms with Crippen LogP contribution >= 0.6 is 0 Å². The lowest BCUT2D eigenvalue weighted by Crippen LogP contribution is -2.48. The minimum absolute atomic E-state index is 0.00943. The van der Waals surface area contributed by atoms with E-state index in [1.165, 1.54) is 16.3 Å². The Hall–Kier alpha value is -2.07. The fraction of sp³-hybridized carbons (Fsp3) is 0.450. The summed E-state index contributed by atoms with van der Waals surface area (Å²) in [6.07, 6.45) is 2.67. The van der Waals surface area contributed by atoms with Crippen LogP contribution in [0.1, 0.15) is 25.3 Å². The Morgan fingerprint density at radius 3 is 2.67 bits per heavy atom. The number of fused-ring (bicyclic) bond motifs is 1. The topological polar surface area (TPSA) is 41.6 Å². The van der Waals surface area contributed by atoms with Gasteiger partial charge in [-0.3, -0.25) is 0 Å². The highest BCUT2D eigenvalue weighted by atomic mass is 16.5. The van der Waals surface area contributed by atoms with Crippen LogP contribution in [0.15, 0.2) is 42.5 Å². The molecule has 2 amide bonds. The lowest BCUT2D eigenvalue weighted by atomic mass is 10.0. The molecule has 0 saturated carbocycles. The van der Waals surface area contributed by atoms with E-state index < -0.39 is 0 Å². The second kappa shape index (κ2) is 7.67. The zero-order chi connectivity index (χ0) is 16.9. The predicted molar refractivity (Wildman–Crippen MR) is 97.2 cm³/mol. The fourth-order valence-electron chi connectivity index (χ4n) is 3.32. The van der Waals surface area contributed by atoms with Crippen LogP contribution in [0.3, 0.4) is 0 Å². The lowest BCUT2D eigenvalue weighted by molar-refractivity contribution is 0.0523. The number of rotatable bonds is 4. The second-order valence-corrected chi connectivity index (χ2v) is 6.69. The summed E-state index contributed by atoms with van der Waals surface area (Å²) in [4.78, 5) is 14.3. The first kappa shape index (κ1) is 16.8.